The summed E-state index contributed by atoms with van der Waals surface area (Å²) in [7, 11) is 1.61. The zero-order valence-electron chi connectivity index (χ0n) is 23.9. The minimum atomic E-state index is -0.614. The topological polar surface area (TPSA) is 83.8 Å². The van der Waals surface area contributed by atoms with Gasteiger partial charge in [0.2, 0.25) is 0 Å². The first-order chi connectivity index (χ1) is 18.6. The van der Waals surface area contributed by atoms with Gasteiger partial charge >= 0.3 is 0 Å². The average molecular weight is 564 g/mol. The fourth-order valence-corrected chi connectivity index (χ4v) is 5.04. The molecule has 0 fully saturated rings. The quantitative estimate of drug-likeness (QED) is 0.349. The van der Waals surface area contributed by atoms with Crippen molar-refractivity contribution in [1.82, 2.24) is 4.90 Å². The lowest BCUT2D eigenvalue weighted by Crippen LogP contribution is -2.32. The number of fused-ring (bicyclic) bond motifs is 1. The van der Waals surface area contributed by atoms with Gasteiger partial charge in [0.05, 0.1) is 44.7 Å². The van der Waals surface area contributed by atoms with Crippen LogP contribution in [-0.2, 0) is 12.0 Å². The van der Waals surface area contributed by atoms with Crippen LogP contribution < -0.4 is 19.1 Å². The Labute approximate surface area is 235 Å². The molecule has 0 bridgehead atoms. The maximum atomic E-state index is 15.6. The number of carbonyl (C=O) groups excluding carboxylic acids is 1. The number of Topliss-reactive ketones (excluding diaryl/α,β-unsaturated/α-hetero) is 1. The Morgan fingerprint density at radius 3 is 2.38 bits per heavy atom. The van der Waals surface area contributed by atoms with Crippen LogP contribution in [0.4, 0.5) is 10.1 Å². The SMILES string of the molecule is CCOc1cc2c(c(F)c1OCC)C(=NCl)N(CC(=O)c1cc(N(CC)CCO)c(OC)c(C(C)(C)C)c1)C2. The second-order valence-corrected chi connectivity index (χ2v) is 10.4. The second kappa shape index (κ2) is 12.9. The predicted octanol–water partition coefficient (Wildman–Crippen LogP) is 5.35. The van der Waals surface area contributed by atoms with Gasteiger partial charge in [-0.15, -0.1) is 0 Å². The molecular weight excluding hydrogens is 525 g/mol. The molecule has 2 aromatic rings. The minimum absolute atomic E-state index is 0.00208. The first-order valence-corrected chi connectivity index (χ1v) is 13.6. The number of aliphatic hydroxyl groups excluding tert-OH is 1. The molecule has 0 radical (unpaired) electrons. The van der Waals surface area contributed by atoms with E-state index in [4.69, 9.17) is 26.0 Å². The van der Waals surface area contributed by atoms with Crippen LogP contribution in [0.2, 0.25) is 0 Å². The Balaban J connectivity index is 2.04. The van der Waals surface area contributed by atoms with E-state index in [0.717, 1.165) is 11.3 Å². The number of ether oxygens (including phenoxy) is 3. The third-order valence-electron chi connectivity index (χ3n) is 6.65. The molecule has 10 heteroatoms. The van der Waals surface area contributed by atoms with E-state index in [1.807, 2.05) is 24.8 Å². The van der Waals surface area contributed by atoms with Gasteiger partial charge in [0, 0.05) is 42.5 Å². The molecule has 1 aliphatic heterocycles. The Morgan fingerprint density at radius 2 is 1.85 bits per heavy atom. The van der Waals surface area contributed by atoms with Crippen molar-refractivity contribution >= 4 is 29.1 Å². The number of hydrogen-bond acceptors (Lipinski definition) is 7. The number of benzene rings is 2. The summed E-state index contributed by atoms with van der Waals surface area (Å²) in [6, 6.07) is 5.35. The van der Waals surface area contributed by atoms with Gasteiger partial charge in [-0.3, -0.25) is 4.79 Å². The molecule has 0 saturated carbocycles. The number of halogens is 2. The van der Waals surface area contributed by atoms with Crippen molar-refractivity contribution in [1.29, 1.82) is 0 Å². The molecule has 2 aromatic carbocycles. The summed E-state index contributed by atoms with van der Waals surface area (Å²) in [6.45, 7) is 13.4. The molecule has 214 valence electrons. The highest BCUT2D eigenvalue weighted by Crippen LogP contribution is 2.42. The highest BCUT2D eigenvalue weighted by Gasteiger charge is 2.35. The van der Waals surface area contributed by atoms with Crippen LogP contribution in [0.25, 0.3) is 0 Å². The molecule has 0 spiro atoms. The summed E-state index contributed by atoms with van der Waals surface area (Å²) in [6.07, 6.45) is 0. The van der Waals surface area contributed by atoms with Crippen LogP contribution in [0.3, 0.4) is 0 Å². The predicted molar refractivity (Wildman–Crippen MR) is 153 cm³/mol. The molecule has 0 aliphatic carbocycles. The fourth-order valence-electron chi connectivity index (χ4n) is 4.85. The smallest absolute Gasteiger partial charge is 0.197 e. The van der Waals surface area contributed by atoms with Crippen molar-refractivity contribution < 1.29 is 28.5 Å². The van der Waals surface area contributed by atoms with Gasteiger partial charge in [0.15, 0.2) is 28.9 Å². The van der Waals surface area contributed by atoms with E-state index in [1.54, 1.807) is 31.1 Å². The Bertz CT molecular complexity index is 1230. The normalized spacial score (nSPS) is 14.0. The van der Waals surface area contributed by atoms with E-state index in [-0.39, 0.29) is 54.7 Å². The zero-order valence-corrected chi connectivity index (χ0v) is 24.6. The van der Waals surface area contributed by atoms with Gasteiger partial charge in [0.1, 0.15) is 5.75 Å². The Morgan fingerprint density at radius 1 is 1.15 bits per heavy atom. The van der Waals surface area contributed by atoms with Crippen LogP contribution >= 0.6 is 11.8 Å². The number of amidine groups is 1. The van der Waals surface area contributed by atoms with Crippen LogP contribution in [-0.4, -0.2) is 68.2 Å². The number of likely N-dealkylation sites (N-methyl/N-ethyl adjacent to an activating group) is 1. The molecular formula is C29H39ClFN3O5. The van der Waals surface area contributed by atoms with Crippen molar-refractivity contribution in [2.75, 3.05) is 51.5 Å². The van der Waals surface area contributed by atoms with Gasteiger partial charge in [-0.2, -0.15) is 4.51 Å². The molecule has 39 heavy (non-hydrogen) atoms. The molecule has 3 rings (SSSR count). The maximum absolute atomic E-state index is 15.6. The molecule has 1 N–H and O–H groups in total. The highest BCUT2D eigenvalue weighted by atomic mass is 35.5. The van der Waals surface area contributed by atoms with Gasteiger partial charge in [0.25, 0.3) is 0 Å². The number of methoxy groups -OCH3 is 1. The van der Waals surface area contributed by atoms with Crippen molar-refractivity contribution in [2.24, 2.45) is 4.51 Å². The molecule has 0 saturated heterocycles. The summed E-state index contributed by atoms with van der Waals surface area (Å²) in [4.78, 5) is 17.4. The largest absolute Gasteiger partial charge is 0.494 e. The number of aliphatic hydroxyl groups is 1. The lowest BCUT2D eigenvalue weighted by atomic mass is 9.84. The molecule has 0 amide bonds. The second-order valence-electron chi connectivity index (χ2n) is 10.2. The number of hydrogen-bond donors (Lipinski definition) is 1. The number of ketones is 1. The Kier molecular flexibility index (Phi) is 10.1. The van der Waals surface area contributed by atoms with Gasteiger partial charge in [-0.25, -0.2) is 4.39 Å². The number of rotatable bonds is 12. The van der Waals surface area contributed by atoms with Crippen LogP contribution in [0, 0.1) is 5.82 Å². The van der Waals surface area contributed by atoms with Gasteiger partial charge in [-0.1, -0.05) is 20.8 Å². The van der Waals surface area contributed by atoms with E-state index >= 15 is 4.39 Å². The van der Waals surface area contributed by atoms with Crippen LogP contribution in [0.15, 0.2) is 22.7 Å². The monoisotopic (exact) mass is 563 g/mol. The summed E-state index contributed by atoms with van der Waals surface area (Å²) in [5, 5.41) is 9.63. The summed E-state index contributed by atoms with van der Waals surface area (Å²) < 4.78 is 36.4. The standard InChI is InChI=1S/C29H39ClFN3O5/c1-8-33(11-12-35)21-14-18(13-20(26(21)37-7)29(4,5)6)22(36)17-34-16-19-15-23(38-9-2)27(39-10-3)25(31)24(19)28(34)32-30/h13-15,35H,8-12,16-17H2,1-7H3. The fraction of sp³-hybridized carbons (Fsp3) is 0.517. The lowest BCUT2D eigenvalue weighted by Gasteiger charge is -2.30. The number of anilines is 1. The zero-order chi connectivity index (χ0) is 28.9. The van der Waals surface area contributed by atoms with Gasteiger partial charge < -0.3 is 29.1 Å². The third kappa shape index (κ3) is 6.25. The Hall–Kier alpha value is -3.04. The summed E-state index contributed by atoms with van der Waals surface area (Å²) >= 11 is 5.96. The number of nitrogens with zero attached hydrogens (tertiary/aromatic N) is 3. The number of carbonyl (C=O) groups is 1. The first kappa shape index (κ1) is 30.5. The van der Waals surface area contributed by atoms with Crippen LogP contribution in [0.5, 0.6) is 17.2 Å². The van der Waals surface area contributed by atoms with E-state index < -0.39 is 5.82 Å². The molecule has 0 atom stereocenters. The molecule has 1 heterocycles. The van der Waals surface area contributed by atoms with E-state index in [1.165, 1.54) is 0 Å². The lowest BCUT2D eigenvalue weighted by molar-refractivity contribution is 0.0963. The first-order valence-electron chi connectivity index (χ1n) is 13.2. The van der Waals surface area contributed by atoms with E-state index in [0.29, 0.717) is 42.3 Å². The van der Waals surface area contributed by atoms with Crippen molar-refractivity contribution in [3.63, 3.8) is 0 Å². The van der Waals surface area contributed by atoms with Crippen LogP contribution in [0.1, 0.15) is 68.6 Å². The minimum Gasteiger partial charge on any atom is -0.494 e. The summed E-state index contributed by atoms with van der Waals surface area (Å²) in [5.41, 5.74) is 2.56. The molecule has 0 unspecified atom stereocenters. The maximum Gasteiger partial charge on any atom is 0.197 e. The van der Waals surface area contributed by atoms with E-state index in [2.05, 4.69) is 25.3 Å². The van der Waals surface area contributed by atoms with E-state index in [9.17, 15) is 9.90 Å². The average Bonchev–Trinajstić information content (AvgIpc) is 3.25. The molecule has 0 aromatic heterocycles. The third-order valence-corrected chi connectivity index (χ3v) is 6.81. The van der Waals surface area contributed by atoms with Crippen molar-refractivity contribution in [3.8, 4) is 17.2 Å². The molecule has 8 nitrogen and oxygen atoms in total. The van der Waals surface area contributed by atoms with Crippen molar-refractivity contribution in [3.05, 3.63) is 46.3 Å². The molecule has 1 aliphatic rings. The highest BCUT2D eigenvalue weighted by molar-refractivity contribution is 6.23. The summed E-state index contributed by atoms with van der Waals surface area (Å²) in [5.74, 6) is 0.335. The van der Waals surface area contributed by atoms with Crippen molar-refractivity contribution in [2.45, 2.75) is 53.5 Å². The van der Waals surface area contributed by atoms with Gasteiger partial charge in [-0.05, 0) is 49.9 Å².